The Morgan fingerprint density at radius 1 is 1.39 bits per heavy atom. The van der Waals surface area contributed by atoms with E-state index < -0.39 is 25.5 Å². The number of hydrogen-bond donors (Lipinski definition) is 1. The molecule has 0 radical (unpaired) electrons. The fourth-order valence-corrected chi connectivity index (χ4v) is 1.55. The first kappa shape index (κ1) is 15.0. The van der Waals surface area contributed by atoms with Gasteiger partial charge in [-0.25, -0.2) is 4.79 Å². The van der Waals surface area contributed by atoms with E-state index in [1.165, 1.54) is 12.1 Å². The lowest BCUT2D eigenvalue weighted by molar-refractivity contribution is -0.186. The molecule has 100 valence electrons. The molecule has 0 aliphatic carbocycles. The molecule has 0 aliphatic heterocycles. The van der Waals surface area contributed by atoms with Crippen molar-refractivity contribution in [2.24, 2.45) is 0 Å². The monoisotopic (exact) mass is 376 g/mol. The molecule has 0 aromatic heterocycles. The highest BCUT2D eigenvalue weighted by molar-refractivity contribution is 14.1. The summed E-state index contributed by atoms with van der Waals surface area (Å²) in [6, 6.07) is 4.29. The molecule has 0 aliphatic rings. The second-order valence-corrected chi connectivity index (χ2v) is 4.42. The Labute approximate surface area is 114 Å². The van der Waals surface area contributed by atoms with Gasteiger partial charge in [-0.3, -0.25) is 0 Å². The Hall–Kier alpha value is -1.03. The highest BCUT2D eigenvalue weighted by Crippen LogP contribution is 2.21. The van der Waals surface area contributed by atoms with Gasteiger partial charge < -0.3 is 14.6 Å². The van der Waals surface area contributed by atoms with Crippen LogP contribution in [0.15, 0.2) is 18.2 Å². The lowest BCUT2D eigenvalue weighted by atomic mass is 10.2. The van der Waals surface area contributed by atoms with Crippen LogP contribution in [-0.2, 0) is 4.74 Å². The third kappa shape index (κ3) is 5.08. The van der Waals surface area contributed by atoms with Gasteiger partial charge in [0, 0.05) is 3.57 Å². The van der Waals surface area contributed by atoms with E-state index in [2.05, 4.69) is 4.74 Å². The van der Waals surface area contributed by atoms with Crippen LogP contribution >= 0.6 is 22.6 Å². The molecule has 0 fully saturated rings. The molecule has 0 saturated heterocycles. The first-order chi connectivity index (χ1) is 8.29. The van der Waals surface area contributed by atoms with Crippen LogP contribution in [0.1, 0.15) is 10.4 Å². The second kappa shape index (κ2) is 6.23. The van der Waals surface area contributed by atoms with E-state index in [4.69, 9.17) is 9.84 Å². The Balaban J connectivity index is 2.59. The summed E-state index contributed by atoms with van der Waals surface area (Å²) in [6.07, 6.45) is -4.44. The number of alkyl halides is 3. The summed E-state index contributed by atoms with van der Waals surface area (Å²) in [5.41, 5.74) is -0.127. The molecule has 8 heteroatoms. The van der Waals surface area contributed by atoms with Crippen molar-refractivity contribution in [1.29, 1.82) is 0 Å². The van der Waals surface area contributed by atoms with Gasteiger partial charge >= 0.3 is 12.1 Å². The molecule has 1 N–H and O–H groups in total. The molecular weight excluding hydrogens is 368 g/mol. The minimum Gasteiger partial charge on any atom is -0.478 e. The van der Waals surface area contributed by atoms with Crippen molar-refractivity contribution in [2.45, 2.75) is 6.18 Å². The lowest BCUT2D eigenvalue weighted by Crippen LogP contribution is -2.19. The van der Waals surface area contributed by atoms with Gasteiger partial charge in [0.1, 0.15) is 17.9 Å². The van der Waals surface area contributed by atoms with Crippen molar-refractivity contribution >= 4 is 28.6 Å². The van der Waals surface area contributed by atoms with Crippen molar-refractivity contribution in [2.75, 3.05) is 13.4 Å². The molecule has 0 saturated carbocycles. The normalized spacial score (nSPS) is 11.3. The quantitative estimate of drug-likeness (QED) is 0.488. The van der Waals surface area contributed by atoms with E-state index >= 15 is 0 Å². The molecule has 0 bridgehead atoms. The summed E-state index contributed by atoms with van der Waals surface area (Å²) in [5, 5.41) is 8.87. The zero-order valence-electron chi connectivity index (χ0n) is 8.83. The molecule has 1 aromatic rings. The molecule has 0 amide bonds. The van der Waals surface area contributed by atoms with Gasteiger partial charge in [0.05, 0.1) is 0 Å². The highest BCUT2D eigenvalue weighted by Gasteiger charge is 2.27. The van der Waals surface area contributed by atoms with Crippen molar-refractivity contribution < 1.29 is 32.5 Å². The van der Waals surface area contributed by atoms with Crippen LogP contribution in [0.5, 0.6) is 5.75 Å². The molecule has 0 atom stereocenters. The minimum absolute atomic E-state index is 0.0370. The fraction of sp³-hybridized carbons (Fsp3) is 0.300. The minimum atomic E-state index is -4.44. The maximum Gasteiger partial charge on any atom is 0.411 e. The number of benzene rings is 1. The van der Waals surface area contributed by atoms with Crippen LogP contribution in [-0.4, -0.2) is 30.7 Å². The van der Waals surface area contributed by atoms with E-state index in [0.717, 1.165) is 0 Å². The predicted octanol–water partition coefficient (Wildman–Crippen LogP) is 2.90. The second-order valence-electron chi connectivity index (χ2n) is 3.17. The van der Waals surface area contributed by atoms with Crippen molar-refractivity contribution in [3.05, 3.63) is 27.3 Å². The number of aromatic carboxylic acids is 1. The average molecular weight is 376 g/mol. The number of hydrogen-bond acceptors (Lipinski definition) is 3. The third-order valence-electron chi connectivity index (χ3n) is 1.74. The highest BCUT2D eigenvalue weighted by atomic mass is 127. The Morgan fingerprint density at radius 2 is 2.06 bits per heavy atom. The number of rotatable bonds is 5. The number of carbonyl (C=O) groups is 1. The van der Waals surface area contributed by atoms with Gasteiger partial charge in [0.2, 0.25) is 0 Å². The molecule has 0 spiro atoms. The van der Waals surface area contributed by atoms with Crippen molar-refractivity contribution in [3.8, 4) is 5.75 Å². The first-order valence-corrected chi connectivity index (χ1v) is 5.67. The van der Waals surface area contributed by atoms with Crippen LogP contribution in [0.25, 0.3) is 0 Å². The van der Waals surface area contributed by atoms with Gasteiger partial charge in [-0.1, -0.05) is 0 Å². The Kier molecular flexibility index (Phi) is 5.20. The van der Waals surface area contributed by atoms with E-state index in [-0.39, 0.29) is 11.3 Å². The maximum atomic E-state index is 11.8. The zero-order valence-corrected chi connectivity index (χ0v) is 11.0. The van der Waals surface area contributed by atoms with E-state index in [9.17, 15) is 18.0 Å². The van der Waals surface area contributed by atoms with Gasteiger partial charge in [0.25, 0.3) is 0 Å². The van der Waals surface area contributed by atoms with E-state index in [1.807, 2.05) is 22.6 Å². The summed E-state index contributed by atoms with van der Waals surface area (Å²) < 4.78 is 45.0. The average Bonchev–Trinajstić information content (AvgIpc) is 2.24. The van der Waals surface area contributed by atoms with E-state index in [0.29, 0.717) is 3.57 Å². The SMILES string of the molecule is O=C(O)c1cc(I)ccc1OCOCC(F)(F)F. The smallest absolute Gasteiger partial charge is 0.411 e. The first-order valence-electron chi connectivity index (χ1n) is 4.60. The van der Waals surface area contributed by atoms with Crippen LogP contribution in [0, 0.1) is 3.57 Å². The number of halogens is 4. The molecule has 1 rings (SSSR count). The molecular formula is C10H8F3IO4. The van der Waals surface area contributed by atoms with E-state index in [1.54, 1.807) is 6.07 Å². The Bertz CT molecular complexity index is 434. The summed E-state index contributed by atoms with van der Waals surface area (Å²) in [6.45, 7) is -2.11. The number of ether oxygens (including phenoxy) is 2. The Morgan fingerprint density at radius 3 is 2.61 bits per heavy atom. The number of carboxylic acids is 1. The van der Waals surface area contributed by atoms with Gasteiger partial charge in [-0.15, -0.1) is 0 Å². The molecule has 0 heterocycles. The van der Waals surface area contributed by atoms with Crippen LogP contribution in [0.2, 0.25) is 0 Å². The fourth-order valence-electron chi connectivity index (χ4n) is 1.06. The van der Waals surface area contributed by atoms with Crippen LogP contribution in [0.4, 0.5) is 13.2 Å². The van der Waals surface area contributed by atoms with Crippen molar-refractivity contribution in [1.82, 2.24) is 0 Å². The summed E-state index contributed by atoms with van der Waals surface area (Å²) in [7, 11) is 0. The largest absolute Gasteiger partial charge is 0.478 e. The molecule has 4 nitrogen and oxygen atoms in total. The molecule has 18 heavy (non-hydrogen) atoms. The summed E-state index contributed by atoms with van der Waals surface area (Å²) in [4.78, 5) is 10.9. The van der Waals surface area contributed by atoms with Gasteiger partial charge in [0.15, 0.2) is 6.79 Å². The molecule has 1 aromatic carbocycles. The van der Waals surface area contributed by atoms with Gasteiger partial charge in [-0.05, 0) is 40.8 Å². The topological polar surface area (TPSA) is 55.8 Å². The summed E-state index contributed by atoms with van der Waals surface area (Å²) >= 11 is 1.91. The zero-order chi connectivity index (χ0) is 13.8. The van der Waals surface area contributed by atoms with Crippen LogP contribution in [0.3, 0.4) is 0 Å². The van der Waals surface area contributed by atoms with Gasteiger partial charge in [-0.2, -0.15) is 13.2 Å². The summed E-state index contributed by atoms with van der Waals surface area (Å²) in [5.74, 6) is -1.26. The van der Waals surface area contributed by atoms with Crippen molar-refractivity contribution in [3.63, 3.8) is 0 Å². The molecule has 0 unspecified atom stereocenters. The lowest BCUT2D eigenvalue weighted by Gasteiger charge is -2.11. The standard InChI is InChI=1S/C10H8F3IO4/c11-10(12,13)4-17-5-18-8-2-1-6(14)3-7(8)9(15)16/h1-3H,4-5H2,(H,15,16). The predicted molar refractivity (Wildman–Crippen MR) is 63.6 cm³/mol. The van der Waals surface area contributed by atoms with Crippen LogP contribution < -0.4 is 4.74 Å². The third-order valence-corrected chi connectivity index (χ3v) is 2.41. The maximum absolute atomic E-state index is 11.8. The number of carboxylic acid groups (broad SMARTS) is 1.